The molecule has 1 saturated carbocycles. The van der Waals surface area contributed by atoms with Gasteiger partial charge in [0.1, 0.15) is 5.60 Å². The molecule has 0 radical (unpaired) electrons. The van der Waals surface area contributed by atoms with Crippen LogP contribution in [0.4, 0.5) is 9.59 Å². The van der Waals surface area contributed by atoms with Crippen LogP contribution in [0.1, 0.15) is 67.2 Å². The van der Waals surface area contributed by atoms with E-state index in [1.807, 2.05) is 41.5 Å². The second-order valence-electron chi connectivity index (χ2n) is 7.68. The minimum atomic E-state index is -0.478. The summed E-state index contributed by atoms with van der Waals surface area (Å²) in [4.78, 5) is 23.3. The maximum Gasteiger partial charge on any atom is 0.408 e. The first-order valence-electron chi connectivity index (χ1n) is 8.78. The Hall–Kier alpha value is -1.50. The summed E-state index contributed by atoms with van der Waals surface area (Å²) in [7, 11) is 0. The molecule has 1 aliphatic rings. The molecule has 1 fully saturated rings. The van der Waals surface area contributed by atoms with Crippen molar-refractivity contribution in [3.63, 3.8) is 0 Å². The Labute approximate surface area is 145 Å². The zero-order valence-electron chi connectivity index (χ0n) is 15.8. The van der Waals surface area contributed by atoms with Crippen molar-refractivity contribution in [2.75, 3.05) is 0 Å². The van der Waals surface area contributed by atoms with Gasteiger partial charge in [0.15, 0.2) is 0 Å². The molecular formula is C17H33N3O4. The van der Waals surface area contributed by atoms with Crippen LogP contribution in [0.25, 0.3) is 0 Å². The van der Waals surface area contributed by atoms with Gasteiger partial charge in [0.2, 0.25) is 0 Å². The van der Waals surface area contributed by atoms with E-state index in [2.05, 4.69) is 16.0 Å². The number of rotatable bonds is 5. The van der Waals surface area contributed by atoms with E-state index in [-0.39, 0.29) is 24.4 Å². The van der Waals surface area contributed by atoms with Crippen LogP contribution in [0.15, 0.2) is 0 Å². The fraction of sp³-hybridized carbons (Fsp3) is 0.882. The SMILES string of the molecule is CC(NC(=O)OC(C)C)NC1CCC(NC(=O)OC(C)(C)C)CC1. The maximum atomic E-state index is 11.8. The van der Waals surface area contributed by atoms with Crippen LogP contribution in [0.2, 0.25) is 0 Å². The number of hydrogen-bond acceptors (Lipinski definition) is 5. The van der Waals surface area contributed by atoms with Gasteiger partial charge in [0.05, 0.1) is 12.3 Å². The molecule has 0 heterocycles. The lowest BCUT2D eigenvalue weighted by molar-refractivity contribution is 0.0488. The largest absolute Gasteiger partial charge is 0.447 e. The van der Waals surface area contributed by atoms with E-state index in [9.17, 15) is 9.59 Å². The fourth-order valence-corrected chi connectivity index (χ4v) is 2.70. The predicted octanol–water partition coefficient (Wildman–Crippen LogP) is 2.89. The van der Waals surface area contributed by atoms with Gasteiger partial charge in [-0.3, -0.25) is 5.32 Å². The Morgan fingerprint density at radius 1 is 0.958 bits per heavy atom. The van der Waals surface area contributed by atoms with Gasteiger partial charge in [0, 0.05) is 12.1 Å². The topological polar surface area (TPSA) is 88.7 Å². The summed E-state index contributed by atoms with van der Waals surface area (Å²) in [6.07, 6.45) is 2.59. The molecule has 1 unspecified atom stereocenters. The van der Waals surface area contributed by atoms with Gasteiger partial charge in [-0.2, -0.15) is 0 Å². The monoisotopic (exact) mass is 343 g/mol. The highest BCUT2D eigenvalue weighted by molar-refractivity contribution is 5.68. The quantitative estimate of drug-likeness (QED) is 0.668. The molecule has 0 aromatic heterocycles. The number of carbonyl (C=O) groups is 2. The summed E-state index contributed by atoms with van der Waals surface area (Å²) < 4.78 is 10.3. The van der Waals surface area contributed by atoms with Crippen LogP contribution in [0.3, 0.4) is 0 Å². The van der Waals surface area contributed by atoms with Gasteiger partial charge in [-0.1, -0.05) is 0 Å². The van der Waals surface area contributed by atoms with Crippen molar-refractivity contribution in [3.8, 4) is 0 Å². The van der Waals surface area contributed by atoms with Gasteiger partial charge in [-0.25, -0.2) is 9.59 Å². The molecule has 24 heavy (non-hydrogen) atoms. The minimum absolute atomic E-state index is 0.133. The van der Waals surface area contributed by atoms with Crippen LogP contribution < -0.4 is 16.0 Å². The lowest BCUT2D eigenvalue weighted by Gasteiger charge is -2.32. The van der Waals surface area contributed by atoms with Crippen LogP contribution in [0.5, 0.6) is 0 Å². The van der Waals surface area contributed by atoms with Crippen LogP contribution in [-0.4, -0.2) is 42.1 Å². The van der Waals surface area contributed by atoms with E-state index in [0.29, 0.717) is 6.04 Å². The van der Waals surface area contributed by atoms with Crippen molar-refractivity contribution >= 4 is 12.2 Å². The van der Waals surface area contributed by atoms with E-state index >= 15 is 0 Å². The lowest BCUT2D eigenvalue weighted by Crippen LogP contribution is -2.50. The lowest BCUT2D eigenvalue weighted by atomic mass is 9.91. The Morgan fingerprint density at radius 3 is 2.00 bits per heavy atom. The second kappa shape index (κ2) is 9.11. The van der Waals surface area contributed by atoms with E-state index in [4.69, 9.17) is 9.47 Å². The fourth-order valence-electron chi connectivity index (χ4n) is 2.70. The number of nitrogens with one attached hydrogen (secondary N) is 3. The zero-order chi connectivity index (χ0) is 18.3. The van der Waals surface area contributed by atoms with E-state index < -0.39 is 11.7 Å². The molecule has 0 bridgehead atoms. The van der Waals surface area contributed by atoms with E-state index in [1.165, 1.54) is 0 Å². The predicted molar refractivity (Wildman–Crippen MR) is 92.8 cm³/mol. The van der Waals surface area contributed by atoms with Crippen molar-refractivity contribution in [1.29, 1.82) is 0 Å². The Bertz CT molecular complexity index is 413. The molecule has 7 nitrogen and oxygen atoms in total. The van der Waals surface area contributed by atoms with E-state index in [1.54, 1.807) is 0 Å². The molecule has 1 rings (SSSR count). The molecule has 7 heteroatoms. The minimum Gasteiger partial charge on any atom is -0.447 e. The Kier molecular flexibility index (Phi) is 7.79. The standard InChI is InChI=1S/C17H33N3O4/c1-11(2)23-15(21)19-12(3)18-13-7-9-14(10-8-13)20-16(22)24-17(4,5)6/h11-14,18H,7-10H2,1-6H3,(H,19,21)(H,20,22). The van der Waals surface area contributed by atoms with Gasteiger partial charge >= 0.3 is 12.2 Å². The number of amides is 2. The summed E-state index contributed by atoms with van der Waals surface area (Å²) in [6, 6.07) is 0.461. The normalized spacial score (nSPS) is 22.6. The van der Waals surface area contributed by atoms with Crippen molar-refractivity contribution in [3.05, 3.63) is 0 Å². The van der Waals surface area contributed by atoms with Gasteiger partial charge in [0.25, 0.3) is 0 Å². The van der Waals surface area contributed by atoms with Crippen LogP contribution in [-0.2, 0) is 9.47 Å². The number of alkyl carbamates (subject to hydrolysis) is 2. The van der Waals surface area contributed by atoms with Crippen molar-refractivity contribution in [2.45, 2.75) is 97.2 Å². The molecule has 0 spiro atoms. The van der Waals surface area contributed by atoms with Gasteiger partial charge < -0.3 is 20.1 Å². The number of carbonyl (C=O) groups excluding carboxylic acids is 2. The highest BCUT2D eigenvalue weighted by atomic mass is 16.6. The average Bonchev–Trinajstić information content (AvgIpc) is 2.37. The molecule has 1 aliphatic carbocycles. The molecule has 0 saturated heterocycles. The zero-order valence-corrected chi connectivity index (χ0v) is 15.8. The highest BCUT2D eigenvalue weighted by Crippen LogP contribution is 2.19. The smallest absolute Gasteiger partial charge is 0.408 e. The molecule has 1 atom stereocenters. The maximum absolute atomic E-state index is 11.8. The van der Waals surface area contributed by atoms with Gasteiger partial charge in [-0.15, -0.1) is 0 Å². The average molecular weight is 343 g/mol. The highest BCUT2D eigenvalue weighted by Gasteiger charge is 2.25. The van der Waals surface area contributed by atoms with Crippen molar-refractivity contribution in [2.24, 2.45) is 0 Å². The molecule has 0 aromatic rings. The molecule has 0 aromatic carbocycles. The third kappa shape index (κ3) is 8.96. The summed E-state index contributed by atoms with van der Waals surface area (Å²) in [5, 5.41) is 9.07. The molecular weight excluding hydrogens is 310 g/mol. The summed E-state index contributed by atoms with van der Waals surface area (Å²) >= 11 is 0. The third-order valence-corrected chi connectivity index (χ3v) is 3.61. The second-order valence-corrected chi connectivity index (χ2v) is 7.68. The van der Waals surface area contributed by atoms with Gasteiger partial charge in [-0.05, 0) is 67.2 Å². The Morgan fingerprint density at radius 2 is 1.50 bits per heavy atom. The third-order valence-electron chi connectivity index (χ3n) is 3.61. The first-order valence-corrected chi connectivity index (χ1v) is 8.78. The van der Waals surface area contributed by atoms with Crippen molar-refractivity contribution in [1.82, 2.24) is 16.0 Å². The number of ether oxygens (including phenoxy) is 2. The van der Waals surface area contributed by atoms with Crippen molar-refractivity contribution < 1.29 is 19.1 Å². The van der Waals surface area contributed by atoms with E-state index in [0.717, 1.165) is 25.7 Å². The van der Waals surface area contributed by atoms with Crippen LogP contribution in [0, 0.1) is 0 Å². The molecule has 0 aliphatic heterocycles. The summed E-state index contributed by atoms with van der Waals surface area (Å²) in [5.41, 5.74) is -0.478. The first kappa shape index (κ1) is 20.5. The summed E-state index contributed by atoms with van der Waals surface area (Å²) in [5.74, 6) is 0. The van der Waals surface area contributed by atoms with Crippen LogP contribution >= 0.6 is 0 Å². The summed E-state index contributed by atoms with van der Waals surface area (Å²) in [6.45, 7) is 11.1. The first-order chi connectivity index (χ1) is 11.0. The molecule has 2 amide bonds. The molecule has 140 valence electrons. The Balaban J connectivity index is 2.25. The number of hydrogen-bond donors (Lipinski definition) is 3. The molecule has 3 N–H and O–H groups in total.